The van der Waals surface area contributed by atoms with Crippen LogP contribution in [-0.4, -0.2) is 85.2 Å². The third-order valence-corrected chi connectivity index (χ3v) is 20.2. The van der Waals surface area contributed by atoms with Crippen LogP contribution in [0.1, 0.15) is 88.2 Å². The minimum Gasteiger partial charge on any atom is -0.389 e. The van der Waals surface area contributed by atoms with Crippen LogP contribution in [0.15, 0.2) is 136 Å². The number of piperidine rings is 2. The van der Waals surface area contributed by atoms with Crippen LogP contribution in [-0.2, 0) is 45.0 Å². The van der Waals surface area contributed by atoms with Crippen LogP contribution in [0.2, 0.25) is 10.0 Å². The molecule has 7 aromatic rings. The normalized spacial score (nSPS) is 15.9. The summed E-state index contributed by atoms with van der Waals surface area (Å²) < 4.78 is 56.4. The first kappa shape index (κ1) is 53.2. The summed E-state index contributed by atoms with van der Waals surface area (Å²) in [6, 6.07) is 38.4. The van der Waals surface area contributed by atoms with E-state index in [1.165, 1.54) is 26.7 Å². The lowest BCUT2D eigenvalue weighted by Gasteiger charge is -2.37. The number of fused-ring (bicyclic) bond motifs is 1. The fraction of sp³-hybridized carbons (Fsp3) is 0.321. The van der Waals surface area contributed by atoms with Gasteiger partial charge in [0.15, 0.2) is 0 Å². The van der Waals surface area contributed by atoms with Crippen LogP contribution >= 0.6 is 45.9 Å². The van der Waals surface area contributed by atoms with Gasteiger partial charge < -0.3 is 26.0 Å². The largest absolute Gasteiger partial charge is 0.389 e. The van der Waals surface area contributed by atoms with Gasteiger partial charge >= 0.3 is 0 Å². The number of benzene rings is 4. The van der Waals surface area contributed by atoms with E-state index in [9.17, 15) is 31.5 Å². The molecule has 2 aliphatic heterocycles. The molecule has 5 N–H and O–H groups in total. The summed E-state index contributed by atoms with van der Waals surface area (Å²) in [5.74, 6) is -0.484. The lowest BCUT2D eigenvalue weighted by Crippen LogP contribution is -2.47. The lowest BCUT2D eigenvalue weighted by molar-refractivity contribution is -0.00439. The molecular formula is C53H58Cl2N6O7S4. The van der Waals surface area contributed by atoms with Crippen LogP contribution in [0, 0.1) is 0 Å². The number of rotatable bonds is 14. The highest BCUT2D eigenvalue weighted by molar-refractivity contribution is 7.91. The number of nitrogens with one attached hydrogen (secondary N) is 4. The monoisotopic (exact) mass is 1090 g/mol. The molecular weight excluding hydrogens is 1030 g/mol. The third-order valence-electron chi connectivity index (χ3n) is 12.8. The van der Waals surface area contributed by atoms with E-state index in [4.69, 9.17) is 23.2 Å². The van der Waals surface area contributed by atoms with E-state index >= 15 is 0 Å². The zero-order chi connectivity index (χ0) is 51.3. The first-order valence-electron chi connectivity index (χ1n) is 23.7. The summed E-state index contributed by atoms with van der Waals surface area (Å²) in [6.07, 6.45) is 2.74. The summed E-state index contributed by atoms with van der Waals surface area (Å²) in [7, 11) is -7.23. The molecule has 2 saturated heterocycles. The summed E-state index contributed by atoms with van der Waals surface area (Å²) in [4.78, 5) is 29.7. The van der Waals surface area contributed by atoms with Crippen LogP contribution in [0.25, 0.3) is 10.9 Å². The molecule has 2 aliphatic rings. The second kappa shape index (κ2) is 22.6. The Hall–Kier alpha value is -5.08. The minimum absolute atomic E-state index is 0.0552. The van der Waals surface area contributed by atoms with Gasteiger partial charge in [0.05, 0.1) is 18.7 Å². The van der Waals surface area contributed by atoms with E-state index in [1.807, 2.05) is 30.3 Å². The molecule has 13 nitrogen and oxygen atoms in total. The Labute approximate surface area is 439 Å². The fourth-order valence-electron chi connectivity index (χ4n) is 8.58. The number of amides is 2. The minimum atomic E-state index is -3.65. The number of anilines is 1. The Morgan fingerprint density at radius 2 is 1.18 bits per heavy atom. The number of halogens is 2. The molecule has 2 fully saturated rings. The number of carbonyl (C=O) groups is 2. The first-order chi connectivity index (χ1) is 34.2. The van der Waals surface area contributed by atoms with Crippen molar-refractivity contribution in [1.29, 1.82) is 0 Å². The molecule has 19 heteroatoms. The first-order valence-corrected chi connectivity index (χ1v) is 28.9. The molecule has 0 bridgehead atoms. The van der Waals surface area contributed by atoms with Crippen molar-refractivity contribution in [1.82, 2.24) is 24.2 Å². The van der Waals surface area contributed by atoms with Gasteiger partial charge in [0.1, 0.15) is 8.42 Å². The molecule has 0 radical (unpaired) electrons. The van der Waals surface area contributed by atoms with Crippen LogP contribution in [0.4, 0.5) is 5.69 Å². The number of aliphatic hydroxyl groups is 1. The molecule has 0 spiro atoms. The second-order valence-electron chi connectivity index (χ2n) is 19.2. The quantitative estimate of drug-likeness (QED) is 0.0713. The predicted octanol–water partition coefficient (Wildman–Crippen LogP) is 10.5. The summed E-state index contributed by atoms with van der Waals surface area (Å²) >= 11 is 14.1. The van der Waals surface area contributed by atoms with Crippen LogP contribution < -0.4 is 16.0 Å². The zero-order valence-corrected chi connectivity index (χ0v) is 44.9. The lowest BCUT2D eigenvalue weighted by atomic mass is 9.86. The molecule has 72 heavy (non-hydrogen) atoms. The van der Waals surface area contributed by atoms with Gasteiger partial charge in [0.2, 0.25) is 0 Å². The standard InChI is InChI=1S/C29H33ClN4O3S2.C24H25ClN2O4S2/c1-29(2,3)26-17-20-16-23(8-10-25(20)33-26)32-22-12-14-34(15-13-22)39(36,37)27-11-9-24(38-27)18-31-28(35)19-4-6-21(30)7-5-19;25-20-8-6-19(7-9-20)23(28)26-17-21-10-11-22(32-21)33(30,31)27-14-12-24(29,13-15-27)16-18-4-2-1-3-5-18/h4-11,16-17,22,32-33H,12-15,18H2,1-3H3,(H,31,35);1-11,29H,12-17H2,(H,26,28). The maximum Gasteiger partial charge on any atom is 0.252 e. The Morgan fingerprint density at radius 3 is 1.68 bits per heavy atom. The van der Waals surface area contributed by atoms with Gasteiger partial charge in [-0.25, -0.2) is 16.8 Å². The Morgan fingerprint density at radius 1 is 0.681 bits per heavy atom. The number of thiophene rings is 2. The van der Waals surface area contributed by atoms with E-state index in [1.54, 1.807) is 77.1 Å². The summed E-state index contributed by atoms with van der Waals surface area (Å²) in [5, 5.41) is 22.5. The van der Waals surface area contributed by atoms with Crippen LogP contribution in [0.5, 0.6) is 0 Å². The highest BCUT2D eigenvalue weighted by Gasteiger charge is 2.38. The fourth-order valence-corrected chi connectivity index (χ4v) is 14.6. The van der Waals surface area contributed by atoms with Crippen molar-refractivity contribution < 1.29 is 31.5 Å². The van der Waals surface area contributed by atoms with Crippen molar-refractivity contribution in [3.8, 4) is 0 Å². The number of carbonyl (C=O) groups excluding carboxylic acids is 2. The number of hydrogen-bond donors (Lipinski definition) is 5. The van der Waals surface area contributed by atoms with E-state index in [0.29, 0.717) is 57.7 Å². The third kappa shape index (κ3) is 13.4. The van der Waals surface area contributed by atoms with Crippen molar-refractivity contribution in [3.63, 3.8) is 0 Å². The van der Waals surface area contributed by atoms with Gasteiger partial charge in [0.25, 0.3) is 31.9 Å². The number of aromatic amines is 1. The SMILES string of the molecule is CC(C)(C)c1cc2cc(NC3CCN(S(=O)(=O)c4ccc(CNC(=O)c5ccc(Cl)cc5)s4)CC3)ccc2[nH]1.O=C(NCc1ccc(S(=O)(=O)N2CCC(O)(Cc3ccccc3)CC2)s1)c1ccc(Cl)cc1. The van der Waals surface area contributed by atoms with Gasteiger partial charge in [0, 0.05) is 97.3 Å². The van der Waals surface area contributed by atoms with Crippen molar-refractivity contribution >= 4 is 94.3 Å². The van der Waals surface area contributed by atoms with Crippen LogP contribution in [0.3, 0.4) is 0 Å². The van der Waals surface area contributed by atoms with E-state index in [0.717, 1.165) is 50.7 Å². The molecule has 0 aliphatic carbocycles. The predicted molar refractivity (Wildman–Crippen MR) is 289 cm³/mol. The van der Waals surface area contributed by atoms with E-state index in [-0.39, 0.29) is 53.7 Å². The maximum atomic E-state index is 13.3. The average molecular weight is 1090 g/mol. The molecule has 9 rings (SSSR count). The number of H-pyrrole nitrogens is 1. The Kier molecular flexibility index (Phi) is 16.7. The van der Waals surface area contributed by atoms with Crippen molar-refractivity contribution in [2.45, 2.75) is 91.4 Å². The summed E-state index contributed by atoms with van der Waals surface area (Å²) in [5.41, 5.74) is 4.55. The molecule has 0 saturated carbocycles. The Balaban J connectivity index is 0.000000195. The van der Waals surface area contributed by atoms with E-state index < -0.39 is 25.6 Å². The maximum absolute atomic E-state index is 13.3. The highest BCUT2D eigenvalue weighted by atomic mass is 35.5. The molecule has 0 atom stereocenters. The van der Waals surface area contributed by atoms with Gasteiger partial charge in [-0.2, -0.15) is 8.61 Å². The van der Waals surface area contributed by atoms with Gasteiger partial charge in [-0.15, -0.1) is 22.7 Å². The summed E-state index contributed by atoms with van der Waals surface area (Å²) in [6.45, 7) is 8.53. The average Bonchev–Trinajstić information content (AvgIpc) is 4.15. The second-order valence-corrected chi connectivity index (χ2v) is 26.7. The molecule has 4 aromatic carbocycles. The zero-order valence-electron chi connectivity index (χ0n) is 40.2. The molecule has 2 amide bonds. The highest BCUT2D eigenvalue weighted by Crippen LogP contribution is 2.33. The number of sulfonamides is 2. The number of aromatic nitrogens is 1. The van der Waals surface area contributed by atoms with Gasteiger partial charge in [-0.1, -0.05) is 74.3 Å². The Bertz CT molecular complexity index is 3210. The van der Waals surface area contributed by atoms with Crippen molar-refractivity contribution in [2.75, 3.05) is 31.5 Å². The van der Waals surface area contributed by atoms with Crippen molar-refractivity contribution in [2.24, 2.45) is 0 Å². The molecule has 380 valence electrons. The molecule has 0 unspecified atom stereocenters. The number of nitrogens with zero attached hydrogens (tertiary/aromatic N) is 2. The smallest absolute Gasteiger partial charge is 0.252 e. The topological polar surface area (TPSA) is 181 Å². The van der Waals surface area contributed by atoms with Gasteiger partial charge in [-0.3, -0.25) is 9.59 Å². The number of hydrogen-bond acceptors (Lipinski definition) is 10. The van der Waals surface area contributed by atoms with Crippen molar-refractivity contribution in [3.05, 3.63) is 170 Å². The molecule has 3 aromatic heterocycles. The van der Waals surface area contributed by atoms with Gasteiger partial charge in [-0.05, 0) is 128 Å². The van der Waals surface area contributed by atoms with E-state index in [2.05, 4.69) is 66.0 Å². The molecule has 5 heterocycles.